The van der Waals surface area contributed by atoms with Crippen molar-refractivity contribution in [2.45, 2.75) is 17.6 Å². The lowest BCUT2D eigenvalue weighted by molar-refractivity contribution is 0.103. The SMILES string of the molecule is Cc1[nH]n(C)c(=O)c1C(=O)c1ccc(S(C)(=O)=O)c(N(C)C)c1CS(C)(=O)=O. The van der Waals surface area contributed by atoms with Gasteiger partial charge in [-0.3, -0.25) is 19.4 Å². The van der Waals surface area contributed by atoms with Crippen LogP contribution in [0.25, 0.3) is 0 Å². The van der Waals surface area contributed by atoms with Crippen molar-refractivity contribution < 1.29 is 21.6 Å². The molecule has 0 aliphatic carbocycles. The van der Waals surface area contributed by atoms with Crippen LogP contribution >= 0.6 is 0 Å². The Balaban J connectivity index is 2.93. The predicted molar refractivity (Wildman–Crippen MR) is 107 cm³/mol. The van der Waals surface area contributed by atoms with Crippen molar-refractivity contribution in [1.82, 2.24) is 9.78 Å². The van der Waals surface area contributed by atoms with Crippen molar-refractivity contribution >= 4 is 31.1 Å². The zero-order chi connectivity index (χ0) is 21.6. The fourth-order valence-electron chi connectivity index (χ4n) is 3.11. The molecule has 0 saturated heterocycles. The van der Waals surface area contributed by atoms with Crippen molar-refractivity contribution in [2.75, 3.05) is 31.5 Å². The minimum Gasteiger partial charge on any atom is -0.376 e. The minimum absolute atomic E-state index is 0.0266. The number of aromatic amines is 1. The van der Waals surface area contributed by atoms with Gasteiger partial charge in [-0.25, -0.2) is 16.8 Å². The summed E-state index contributed by atoms with van der Waals surface area (Å²) >= 11 is 0. The van der Waals surface area contributed by atoms with E-state index in [2.05, 4.69) is 5.10 Å². The van der Waals surface area contributed by atoms with Gasteiger partial charge in [0.05, 0.1) is 16.3 Å². The van der Waals surface area contributed by atoms with E-state index in [0.29, 0.717) is 5.69 Å². The van der Waals surface area contributed by atoms with Crippen molar-refractivity contribution in [2.24, 2.45) is 7.05 Å². The number of aromatic nitrogens is 2. The van der Waals surface area contributed by atoms with Crippen LogP contribution in [0.15, 0.2) is 21.8 Å². The standard InChI is InChI=1S/C17H23N3O6S2/c1-10-14(17(22)20(4)18-10)16(21)11-7-8-13(28(6,25)26)15(19(2)3)12(11)9-27(5,23)24/h7-8,18H,9H2,1-6H3. The molecule has 0 saturated carbocycles. The van der Waals surface area contributed by atoms with Gasteiger partial charge in [-0.2, -0.15) is 0 Å². The van der Waals surface area contributed by atoms with Gasteiger partial charge in [0.1, 0.15) is 5.56 Å². The van der Waals surface area contributed by atoms with Gasteiger partial charge < -0.3 is 4.90 Å². The molecule has 9 nitrogen and oxygen atoms in total. The van der Waals surface area contributed by atoms with Crippen LogP contribution in [-0.4, -0.2) is 59.0 Å². The van der Waals surface area contributed by atoms with Crippen molar-refractivity contribution in [3.05, 3.63) is 44.9 Å². The molecular formula is C17H23N3O6S2. The maximum atomic E-state index is 13.1. The van der Waals surface area contributed by atoms with Crippen LogP contribution in [0.4, 0.5) is 5.69 Å². The molecule has 2 rings (SSSR count). The Morgan fingerprint density at radius 1 is 1.14 bits per heavy atom. The monoisotopic (exact) mass is 429 g/mol. The van der Waals surface area contributed by atoms with Crippen LogP contribution in [0, 0.1) is 6.92 Å². The molecular weight excluding hydrogens is 406 g/mol. The molecule has 1 N–H and O–H groups in total. The third kappa shape index (κ3) is 4.20. The predicted octanol–water partition coefficient (Wildman–Crippen LogP) is 0.267. The third-order valence-corrected chi connectivity index (χ3v) is 6.14. The maximum Gasteiger partial charge on any atom is 0.277 e. The second-order valence-corrected chi connectivity index (χ2v) is 11.1. The highest BCUT2D eigenvalue weighted by Crippen LogP contribution is 2.33. The second-order valence-electron chi connectivity index (χ2n) is 6.98. The number of hydrogen-bond donors (Lipinski definition) is 1. The smallest absolute Gasteiger partial charge is 0.277 e. The number of benzene rings is 1. The number of H-pyrrole nitrogens is 1. The normalized spacial score (nSPS) is 12.2. The van der Waals surface area contributed by atoms with Crippen LogP contribution in [0.3, 0.4) is 0 Å². The molecule has 0 aliphatic rings. The lowest BCUT2D eigenvalue weighted by Crippen LogP contribution is -2.23. The molecule has 1 aromatic heterocycles. The van der Waals surface area contributed by atoms with Crippen LogP contribution in [0.1, 0.15) is 27.2 Å². The van der Waals surface area contributed by atoms with Gasteiger partial charge in [-0.15, -0.1) is 0 Å². The molecule has 154 valence electrons. The van der Waals surface area contributed by atoms with Crippen LogP contribution in [0.2, 0.25) is 0 Å². The Labute approximate surface area is 163 Å². The van der Waals surface area contributed by atoms with E-state index < -0.39 is 36.8 Å². The highest BCUT2D eigenvalue weighted by Gasteiger charge is 2.28. The zero-order valence-electron chi connectivity index (χ0n) is 16.5. The largest absolute Gasteiger partial charge is 0.376 e. The summed E-state index contributed by atoms with van der Waals surface area (Å²) in [6.45, 7) is 1.56. The van der Waals surface area contributed by atoms with Gasteiger partial charge in [0.2, 0.25) is 5.78 Å². The fraction of sp³-hybridized carbons (Fsp3) is 0.412. The van der Waals surface area contributed by atoms with E-state index >= 15 is 0 Å². The first-order valence-corrected chi connectivity index (χ1v) is 12.1. The van der Waals surface area contributed by atoms with Gasteiger partial charge in [-0.1, -0.05) is 0 Å². The highest BCUT2D eigenvalue weighted by molar-refractivity contribution is 7.91. The molecule has 0 amide bonds. The van der Waals surface area contributed by atoms with E-state index in [4.69, 9.17) is 0 Å². The lowest BCUT2D eigenvalue weighted by atomic mass is 9.97. The van der Waals surface area contributed by atoms with E-state index in [9.17, 15) is 26.4 Å². The number of carbonyl (C=O) groups excluding carboxylic acids is 1. The molecule has 0 bridgehead atoms. The Kier molecular flexibility index (Phi) is 5.64. The molecule has 0 radical (unpaired) electrons. The number of nitrogens with one attached hydrogen (secondary N) is 1. The first-order valence-electron chi connectivity index (χ1n) is 8.16. The Morgan fingerprint density at radius 2 is 1.71 bits per heavy atom. The summed E-state index contributed by atoms with van der Waals surface area (Å²) in [5, 5.41) is 2.73. The van der Waals surface area contributed by atoms with E-state index in [1.165, 1.54) is 24.1 Å². The van der Waals surface area contributed by atoms with E-state index in [1.54, 1.807) is 21.0 Å². The number of aryl methyl sites for hydroxylation is 2. The number of carbonyl (C=O) groups is 1. The molecule has 1 aromatic carbocycles. The number of rotatable bonds is 6. The van der Waals surface area contributed by atoms with Crippen LogP contribution in [-0.2, 0) is 32.5 Å². The fourth-order valence-corrected chi connectivity index (χ4v) is 4.90. The second kappa shape index (κ2) is 7.21. The minimum atomic E-state index is -3.70. The Bertz CT molecular complexity index is 1220. The number of hydrogen-bond acceptors (Lipinski definition) is 7. The van der Waals surface area contributed by atoms with Crippen molar-refractivity contribution in [1.29, 1.82) is 0 Å². The molecule has 28 heavy (non-hydrogen) atoms. The molecule has 0 aliphatic heterocycles. The maximum absolute atomic E-state index is 13.1. The molecule has 0 spiro atoms. The average molecular weight is 430 g/mol. The van der Waals surface area contributed by atoms with Gasteiger partial charge >= 0.3 is 0 Å². The summed E-state index contributed by atoms with van der Waals surface area (Å²) < 4.78 is 49.7. The number of ketones is 1. The van der Waals surface area contributed by atoms with Gasteiger partial charge in [0.15, 0.2) is 19.7 Å². The van der Waals surface area contributed by atoms with Crippen LogP contribution in [0.5, 0.6) is 0 Å². The van der Waals surface area contributed by atoms with Crippen molar-refractivity contribution in [3.8, 4) is 0 Å². The molecule has 11 heteroatoms. The van der Waals surface area contributed by atoms with E-state index in [0.717, 1.165) is 17.2 Å². The Morgan fingerprint density at radius 3 is 2.11 bits per heavy atom. The summed E-state index contributed by atoms with van der Waals surface area (Å²) in [6.07, 6.45) is 2.00. The molecule has 0 unspecified atom stereocenters. The summed E-state index contributed by atoms with van der Waals surface area (Å²) in [5.74, 6) is -1.21. The number of nitrogens with zero attached hydrogens (tertiary/aromatic N) is 2. The van der Waals surface area contributed by atoms with E-state index in [1.807, 2.05) is 0 Å². The number of sulfone groups is 2. The molecule has 1 heterocycles. The van der Waals surface area contributed by atoms with Crippen LogP contribution < -0.4 is 10.5 Å². The van der Waals surface area contributed by atoms with Gasteiger partial charge in [0, 0.05) is 50.5 Å². The average Bonchev–Trinajstić information content (AvgIpc) is 2.76. The zero-order valence-corrected chi connectivity index (χ0v) is 18.2. The molecule has 0 atom stereocenters. The van der Waals surface area contributed by atoms with Gasteiger partial charge in [0.25, 0.3) is 5.56 Å². The quantitative estimate of drug-likeness (QED) is 0.653. The topological polar surface area (TPSA) is 126 Å². The third-order valence-electron chi connectivity index (χ3n) is 4.20. The highest BCUT2D eigenvalue weighted by atomic mass is 32.2. The Hall–Kier alpha value is -2.40. The van der Waals surface area contributed by atoms with E-state index in [-0.39, 0.29) is 27.3 Å². The first-order chi connectivity index (χ1) is 12.6. The van der Waals surface area contributed by atoms with Crippen molar-refractivity contribution in [3.63, 3.8) is 0 Å². The first kappa shape index (κ1) is 21.9. The molecule has 2 aromatic rings. The van der Waals surface area contributed by atoms with Gasteiger partial charge in [-0.05, 0) is 19.1 Å². The summed E-state index contributed by atoms with van der Waals surface area (Å²) in [7, 11) is -2.73. The molecule has 0 fully saturated rings. The number of anilines is 1. The lowest BCUT2D eigenvalue weighted by Gasteiger charge is -2.23. The summed E-state index contributed by atoms with van der Waals surface area (Å²) in [6, 6.07) is 2.52. The summed E-state index contributed by atoms with van der Waals surface area (Å²) in [4.78, 5) is 26.8. The summed E-state index contributed by atoms with van der Waals surface area (Å²) in [5.41, 5.74) is -0.199.